The third-order valence-corrected chi connectivity index (χ3v) is 3.78. The summed E-state index contributed by atoms with van der Waals surface area (Å²) in [6.45, 7) is 0.399. The zero-order valence-corrected chi connectivity index (χ0v) is 9.50. The van der Waals surface area contributed by atoms with Crippen molar-refractivity contribution in [2.24, 2.45) is 5.41 Å². The first-order valence-electron chi connectivity index (χ1n) is 5.98. The second-order valence-electron chi connectivity index (χ2n) is 4.82. The summed E-state index contributed by atoms with van der Waals surface area (Å²) in [5.74, 6) is 2.49. The van der Waals surface area contributed by atoms with Crippen LogP contribution in [0.3, 0.4) is 0 Å². The molecular formula is C13H17NO2. The fraction of sp³-hybridized carbons (Fsp3) is 0.692. The summed E-state index contributed by atoms with van der Waals surface area (Å²) in [4.78, 5) is 25.4. The lowest BCUT2D eigenvalue weighted by Crippen LogP contribution is -2.37. The molecule has 2 aliphatic rings. The Morgan fingerprint density at radius 1 is 1.25 bits per heavy atom. The number of nitrogens with zero attached hydrogens (tertiary/aromatic N) is 1. The average molecular weight is 219 g/mol. The Kier molecular flexibility index (Phi) is 3.00. The summed E-state index contributed by atoms with van der Waals surface area (Å²) < 4.78 is 0. The van der Waals surface area contributed by atoms with Gasteiger partial charge in [-0.25, -0.2) is 0 Å². The lowest BCUT2D eigenvalue weighted by atomic mass is 9.73. The second kappa shape index (κ2) is 4.29. The van der Waals surface area contributed by atoms with Gasteiger partial charge in [-0.1, -0.05) is 19.3 Å². The fourth-order valence-corrected chi connectivity index (χ4v) is 2.88. The molecule has 1 spiro atoms. The largest absolute Gasteiger partial charge is 0.281 e. The average Bonchev–Trinajstić information content (AvgIpc) is 2.50. The van der Waals surface area contributed by atoms with Crippen LogP contribution >= 0.6 is 0 Å². The zero-order valence-electron chi connectivity index (χ0n) is 9.50. The minimum Gasteiger partial charge on any atom is -0.281 e. The van der Waals surface area contributed by atoms with E-state index >= 15 is 0 Å². The van der Waals surface area contributed by atoms with Crippen LogP contribution in [-0.4, -0.2) is 23.3 Å². The number of imide groups is 1. The zero-order chi connectivity index (χ0) is 11.6. The molecule has 3 nitrogen and oxygen atoms in total. The van der Waals surface area contributed by atoms with Crippen LogP contribution < -0.4 is 0 Å². The summed E-state index contributed by atoms with van der Waals surface area (Å²) in [6.07, 6.45) is 11.1. The smallest absolute Gasteiger partial charge is 0.235 e. The van der Waals surface area contributed by atoms with Crippen molar-refractivity contribution in [3.8, 4) is 12.3 Å². The van der Waals surface area contributed by atoms with Crippen molar-refractivity contribution in [2.45, 2.75) is 44.9 Å². The molecule has 1 aliphatic heterocycles. The van der Waals surface area contributed by atoms with Crippen LogP contribution in [0.1, 0.15) is 44.9 Å². The van der Waals surface area contributed by atoms with E-state index in [1.807, 2.05) is 0 Å². The van der Waals surface area contributed by atoms with Gasteiger partial charge in [-0.2, -0.15) is 0 Å². The van der Waals surface area contributed by atoms with Crippen LogP contribution in [0.5, 0.6) is 0 Å². The Balaban J connectivity index is 2.12. The summed E-state index contributed by atoms with van der Waals surface area (Å²) in [6, 6.07) is 0. The van der Waals surface area contributed by atoms with Crippen molar-refractivity contribution in [1.29, 1.82) is 0 Å². The van der Waals surface area contributed by atoms with E-state index in [1.165, 1.54) is 11.3 Å². The molecule has 0 atom stereocenters. The molecule has 2 rings (SSSR count). The summed E-state index contributed by atoms with van der Waals surface area (Å²) in [7, 11) is 0. The summed E-state index contributed by atoms with van der Waals surface area (Å²) in [5, 5.41) is 0. The number of carbonyl (C=O) groups excluding carboxylic acids is 2. The molecule has 0 N–H and O–H groups in total. The standard InChI is InChI=1S/C13H17NO2/c1-2-3-9-14-11(15)10-13(12(14)16)7-5-4-6-8-13/h1H,3-10H2. The Morgan fingerprint density at radius 3 is 2.56 bits per heavy atom. The highest BCUT2D eigenvalue weighted by Gasteiger charge is 2.50. The molecule has 1 heterocycles. The monoisotopic (exact) mass is 219 g/mol. The molecule has 86 valence electrons. The highest BCUT2D eigenvalue weighted by atomic mass is 16.2. The quantitative estimate of drug-likeness (QED) is 0.524. The van der Waals surface area contributed by atoms with Crippen LogP contribution in [0.15, 0.2) is 0 Å². The molecule has 0 aromatic carbocycles. The fourth-order valence-electron chi connectivity index (χ4n) is 2.88. The number of likely N-dealkylation sites (tertiary alicyclic amines) is 1. The maximum Gasteiger partial charge on any atom is 0.235 e. The molecule has 1 aliphatic carbocycles. The molecule has 1 saturated carbocycles. The Labute approximate surface area is 96.2 Å². The van der Waals surface area contributed by atoms with Crippen LogP contribution in [0.2, 0.25) is 0 Å². The third kappa shape index (κ3) is 1.73. The van der Waals surface area contributed by atoms with E-state index in [4.69, 9.17) is 6.42 Å². The first-order valence-corrected chi connectivity index (χ1v) is 5.98. The summed E-state index contributed by atoms with van der Waals surface area (Å²) >= 11 is 0. The minimum absolute atomic E-state index is 0.0258. The van der Waals surface area contributed by atoms with Crippen molar-refractivity contribution in [2.75, 3.05) is 6.54 Å². The van der Waals surface area contributed by atoms with Crippen molar-refractivity contribution in [3.63, 3.8) is 0 Å². The molecule has 0 radical (unpaired) electrons. The molecular weight excluding hydrogens is 202 g/mol. The molecule has 2 amide bonds. The number of carbonyl (C=O) groups is 2. The van der Waals surface area contributed by atoms with E-state index < -0.39 is 0 Å². The van der Waals surface area contributed by atoms with E-state index in [0.717, 1.165) is 25.7 Å². The highest BCUT2D eigenvalue weighted by molar-refractivity contribution is 6.05. The maximum atomic E-state index is 12.2. The van der Waals surface area contributed by atoms with Crippen molar-refractivity contribution < 1.29 is 9.59 Å². The number of rotatable bonds is 2. The van der Waals surface area contributed by atoms with Gasteiger partial charge in [0, 0.05) is 19.4 Å². The number of amides is 2. The van der Waals surface area contributed by atoms with Crippen LogP contribution in [0.25, 0.3) is 0 Å². The van der Waals surface area contributed by atoms with Crippen LogP contribution in [0, 0.1) is 17.8 Å². The van der Waals surface area contributed by atoms with E-state index in [1.54, 1.807) is 0 Å². The normalized spacial score (nSPS) is 23.8. The van der Waals surface area contributed by atoms with Gasteiger partial charge in [0.1, 0.15) is 0 Å². The highest BCUT2D eigenvalue weighted by Crippen LogP contribution is 2.45. The van der Waals surface area contributed by atoms with Crippen LogP contribution in [0.4, 0.5) is 0 Å². The topological polar surface area (TPSA) is 37.4 Å². The van der Waals surface area contributed by atoms with Gasteiger partial charge < -0.3 is 0 Å². The molecule has 2 fully saturated rings. The van der Waals surface area contributed by atoms with Gasteiger partial charge in [0.05, 0.1) is 5.41 Å². The van der Waals surface area contributed by atoms with E-state index in [2.05, 4.69) is 5.92 Å². The van der Waals surface area contributed by atoms with Gasteiger partial charge in [-0.3, -0.25) is 14.5 Å². The Bertz CT molecular complexity index is 347. The first-order chi connectivity index (χ1) is 7.69. The molecule has 0 unspecified atom stereocenters. The van der Waals surface area contributed by atoms with Gasteiger partial charge in [-0.15, -0.1) is 12.3 Å². The van der Waals surface area contributed by atoms with E-state index in [-0.39, 0.29) is 17.2 Å². The maximum absolute atomic E-state index is 12.2. The predicted molar refractivity (Wildman–Crippen MR) is 60.3 cm³/mol. The van der Waals surface area contributed by atoms with Crippen LogP contribution in [-0.2, 0) is 9.59 Å². The van der Waals surface area contributed by atoms with E-state index in [9.17, 15) is 9.59 Å². The minimum atomic E-state index is -0.357. The molecule has 1 saturated heterocycles. The number of terminal acetylenes is 1. The van der Waals surface area contributed by atoms with Gasteiger partial charge >= 0.3 is 0 Å². The molecule has 0 aromatic rings. The second-order valence-corrected chi connectivity index (χ2v) is 4.82. The lowest BCUT2D eigenvalue weighted by molar-refractivity contribution is -0.142. The van der Waals surface area contributed by atoms with Gasteiger partial charge in [0.2, 0.25) is 11.8 Å². The van der Waals surface area contributed by atoms with Crippen molar-refractivity contribution in [1.82, 2.24) is 4.90 Å². The predicted octanol–water partition coefficient (Wildman–Crippen LogP) is 1.72. The summed E-state index contributed by atoms with van der Waals surface area (Å²) in [5.41, 5.74) is -0.357. The van der Waals surface area contributed by atoms with Crippen molar-refractivity contribution >= 4 is 11.8 Å². The van der Waals surface area contributed by atoms with Crippen molar-refractivity contribution in [3.05, 3.63) is 0 Å². The van der Waals surface area contributed by atoms with E-state index in [0.29, 0.717) is 19.4 Å². The van der Waals surface area contributed by atoms with Gasteiger partial charge in [0.25, 0.3) is 0 Å². The third-order valence-electron chi connectivity index (χ3n) is 3.78. The molecule has 0 bridgehead atoms. The lowest BCUT2D eigenvalue weighted by Gasteiger charge is -2.30. The van der Waals surface area contributed by atoms with Gasteiger partial charge in [-0.05, 0) is 12.8 Å². The SMILES string of the molecule is C#CCCN1C(=O)CC2(CCCCC2)C1=O. The van der Waals surface area contributed by atoms with Gasteiger partial charge in [0.15, 0.2) is 0 Å². The number of hydrogen-bond acceptors (Lipinski definition) is 2. The molecule has 16 heavy (non-hydrogen) atoms. The molecule has 3 heteroatoms. The first kappa shape index (κ1) is 11.2. The Morgan fingerprint density at radius 2 is 1.94 bits per heavy atom. The molecule has 0 aromatic heterocycles. The number of hydrogen-bond donors (Lipinski definition) is 0. The Hall–Kier alpha value is -1.30.